The maximum atomic E-state index is 5.24. The second-order valence-electron chi connectivity index (χ2n) is 3.45. The number of hydrogen-bond acceptors (Lipinski definition) is 7. The highest BCUT2D eigenvalue weighted by Crippen LogP contribution is 2.04. The van der Waals surface area contributed by atoms with Crippen molar-refractivity contribution in [1.29, 1.82) is 0 Å². The van der Waals surface area contributed by atoms with E-state index in [1.54, 1.807) is 23.4 Å². The van der Waals surface area contributed by atoms with Crippen molar-refractivity contribution in [3.05, 3.63) is 24.5 Å². The average molecular weight is 234 g/mol. The number of nitrogens with zero attached hydrogens (tertiary/aromatic N) is 5. The predicted octanol–water partition coefficient (Wildman–Crippen LogP) is -0.455. The number of anilines is 2. The van der Waals surface area contributed by atoms with Crippen molar-refractivity contribution in [2.45, 2.75) is 6.42 Å². The van der Waals surface area contributed by atoms with Crippen LogP contribution in [0.15, 0.2) is 18.7 Å². The summed E-state index contributed by atoms with van der Waals surface area (Å²) in [5.41, 5.74) is 2.44. The molecule has 0 saturated carbocycles. The second-order valence-corrected chi connectivity index (χ2v) is 3.45. The molecule has 0 fully saturated rings. The van der Waals surface area contributed by atoms with Crippen molar-refractivity contribution in [3.8, 4) is 0 Å². The van der Waals surface area contributed by atoms with Crippen LogP contribution in [0, 0.1) is 0 Å². The third kappa shape index (κ3) is 3.11. The number of aryl methyl sites for hydroxylation is 1. The summed E-state index contributed by atoms with van der Waals surface area (Å²) < 4.78 is 1.67. The van der Waals surface area contributed by atoms with Gasteiger partial charge in [-0.25, -0.2) is 15.8 Å². The molecular weight excluding hydrogens is 220 g/mol. The first-order chi connectivity index (χ1) is 8.28. The molecular formula is C9H14N8. The Balaban J connectivity index is 1.85. The van der Waals surface area contributed by atoms with Gasteiger partial charge in [-0.05, 0) is 0 Å². The van der Waals surface area contributed by atoms with Crippen molar-refractivity contribution in [2.75, 3.05) is 17.3 Å². The van der Waals surface area contributed by atoms with E-state index in [0.717, 1.165) is 12.2 Å². The van der Waals surface area contributed by atoms with E-state index >= 15 is 0 Å². The minimum Gasteiger partial charge on any atom is -0.368 e. The van der Waals surface area contributed by atoms with Gasteiger partial charge < -0.3 is 10.7 Å². The zero-order valence-electron chi connectivity index (χ0n) is 9.46. The van der Waals surface area contributed by atoms with E-state index in [0.29, 0.717) is 18.2 Å². The summed E-state index contributed by atoms with van der Waals surface area (Å²) in [7, 11) is 1.84. The lowest BCUT2D eigenvalue weighted by Gasteiger charge is -2.04. The van der Waals surface area contributed by atoms with Crippen LogP contribution >= 0.6 is 0 Å². The van der Waals surface area contributed by atoms with Gasteiger partial charge in [0.05, 0.1) is 12.4 Å². The number of aromatic nitrogens is 5. The lowest BCUT2D eigenvalue weighted by molar-refractivity contribution is 0.741. The van der Waals surface area contributed by atoms with Crippen molar-refractivity contribution in [2.24, 2.45) is 12.9 Å². The summed E-state index contributed by atoms with van der Waals surface area (Å²) in [4.78, 5) is 12.3. The van der Waals surface area contributed by atoms with Gasteiger partial charge in [-0.1, -0.05) is 0 Å². The van der Waals surface area contributed by atoms with Crippen LogP contribution in [0.25, 0.3) is 0 Å². The summed E-state index contributed by atoms with van der Waals surface area (Å²) in [6.07, 6.45) is 5.58. The monoisotopic (exact) mass is 234 g/mol. The lowest BCUT2D eigenvalue weighted by atomic mass is 10.4. The Kier molecular flexibility index (Phi) is 3.46. The van der Waals surface area contributed by atoms with Crippen LogP contribution in [0.4, 0.5) is 11.6 Å². The van der Waals surface area contributed by atoms with E-state index in [9.17, 15) is 0 Å². The first-order valence-electron chi connectivity index (χ1n) is 5.15. The minimum atomic E-state index is 0.519. The molecule has 0 aliphatic carbocycles. The van der Waals surface area contributed by atoms with Crippen molar-refractivity contribution >= 4 is 11.6 Å². The van der Waals surface area contributed by atoms with Crippen LogP contribution in [-0.4, -0.2) is 31.3 Å². The third-order valence-electron chi connectivity index (χ3n) is 2.08. The molecule has 0 amide bonds. The molecule has 0 aliphatic rings. The molecule has 0 atom stereocenters. The normalized spacial score (nSPS) is 10.2. The number of nitrogens with two attached hydrogens (primary N) is 1. The van der Waals surface area contributed by atoms with Crippen LogP contribution in [0.5, 0.6) is 0 Å². The molecule has 0 spiro atoms. The summed E-state index contributed by atoms with van der Waals surface area (Å²) in [6, 6.07) is 0. The van der Waals surface area contributed by atoms with Gasteiger partial charge in [0, 0.05) is 20.0 Å². The Morgan fingerprint density at radius 1 is 1.35 bits per heavy atom. The Labute approximate surface area is 98.3 Å². The Hall–Kier alpha value is -2.22. The maximum Gasteiger partial charge on any atom is 0.160 e. The van der Waals surface area contributed by atoms with Gasteiger partial charge in [0.2, 0.25) is 0 Å². The molecule has 2 rings (SSSR count). The molecule has 0 radical (unpaired) electrons. The van der Waals surface area contributed by atoms with Crippen molar-refractivity contribution in [3.63, 3.8) is 0 Å². The quantitative estimate of drug-likeness (QED) is 0.475. The molecule has 0 unspecified atom stereocenters. The number of nitrogen functional groups attached to an aromatic ring is 1. The molecule has 17 heavy (non-hydrogen) atoms. The number of hydrogen-bond donors (Lipinski definition) is 3. The van der Waals surface area contributed by atoms with Crippen LogP contribution in [0.2, 0.25) is 0 Å². The first kappa shape index (κ1) is 11.3. The fraction of sp³-hybridized carbons (Fsp3) is 0.333. The highest BCUT2D eigenvalue weighted by Gasteiger charge is 2.00. The van der Waals surface area contributed by atoms with E-state index in [1.807, 2.05) is 7.05 Å². The minimum absolute atomic E-state index is 0.519. The molecule has 0 aliphatic heterocycles. The molecule has 8 heteroatoms. The molecule has 4 N–H and O–H groups in total. The molecule has 0 aromatic carbocycles. The van der Waals surface area contributed by atoms with E-state index < -0.39 is 0 Å². The van der Waals surface area contributed by atoms with Crippen LogP contribution in [0.1, 0.15) is 5.82 Å². The van der Waals surface area contributed by atoms with Gasteiger partial charge in [0.15, 0.2) is 11.6 Å². The van der Waals surface area contributed by atoms with E-state index in [-0.39, 0.29) is 0 Å². The molecule has 2 aromatic heterocycles. The van der Waals surface area contributed by atoms with Crippen molar-refractivity contribution < 1.29 is 0 Å². The molecule has 0 saturated heterocycles. The predicted molar refractivity (Wildman–Crippen MR) is 63.0 cm³/mol. The first-order valence-corrected chi connectivity index (χ1v) is 5.15. The third-order valence-corrected chi connectivity index (χ3v) is 2.08. The summed E-state index contributed by atoms with van der Waals surface area (Å²) in [5.74, 6) is 7.21. The SMILES string of the molecule is Cn1cnc(CCNc2cncc(NN)n2)n1. The van der Waals surface area contributed by atoms with Crippen LogP contribution in [-0.2, 0) is 13.5 Å². The van der Waals surface area contributed by atoms with Gasteiger partial charge in [0.1, 0.15) is 12.1 Å². The van der Waals surface area contributed by atoms with Gasteiger partial charge in [-0.2, -0.15) is 5.10 Å². The topological polar surface area (TPSA) is 107 Å². The zero-order valence-corrected chi connectivity index (χ0v) is 9.46. The second kappa shape index (κ2) is 5.21. The van der Waals surface area contributed by atoms with Gasteiger partial charge in [0.25, 0.3) is 0 Å². The number of nitrogens with one attached hydrogen (secondary N) is 2. The van der Waals surface area contributed by atoms with Gasteiger partial charge in [-0.15, -0.1) is 0 Å². The number of hydrazine groups is 1. The average Bonchev–Trinajstić information content (AvgIpc) is 2.75. The molecule has 90 valence electrons. The summed E-state index contributed by atoms with van der Waals surface area (Å²) in [6.45, 7) is 0.687. The van der Waals surface area contributed by atoms with E-state index in [1.165, 1.54) is 0 Å². The maximum absolute atomic E-state index is 5.24. The van der Waals surface area contributed by atoms with Crippen LogP contribution < -0.4 is 16.6 Å². The fourth-order valence-corrected chi connectivity index (χ4v) is 1.32. The molecule has 2 aromatic rings. The Bertz CT molecular complexity index is 479. The summed E-state index contributed by atoms with van der Waals surface area (Å²) >= 11 is 0. The largest absolute Gasteiger partial charge is 0.368 e. The highest BCUT2D eigenvalue weighted by atomic mass is 15.3. The summed E-state index contributed by atoms with van der Waals surface area (Å²) in [5, 5.41) is 7.29. The fourth-order valence-electron chi connectivity index (χ4n) is 1.32. The molecule has 2 heterocycles. The zero-order chi connectivity index (χ0) is 12.1. The molecule has 8 nitrogen and oxygen atoms in total. The van der Waals surface area contributed by atoms with Gasteiger partial charge in [-0.3, -0.25) is 9.67 Å². The number of rotatable bonds is 5. The molecule has 0 bridgehead atoms. The highest BCUT2D eigenvalue weighted by molar-refractivity contribution is 5.40. The Morgan fingerprint density at radius 2 is 2.18 bits per heavy atom. The van der Waals surface area contributed by atoms with Crippen LogP contribution in [0.3, 0.4) is 0 Å². The van der Waals surface area contributed by atoms with E-state index in [4.69, 9.17) is 5.84 Å². The van der Waals surface area contributed by atoms with Gasteiger partial charge >= 0.3 is 0 Å². The standard InChI is InChI=1S/C9H14N8/c1-17-6-13-7(16-17)2-3-12-8-4-11-5-9(14-8)15-10/h4-6H,2-3,10H2,1H3,(H2,12,14,15). The smallest absolute Gasteiger partial charge is 0.160 e. The van der Waals surface area contributed by atoms with Crippen molar-refractivity contribution in [1.82, 2.24) is 24.7 Å². The van der Waals surface area contributed by atoms with E-state index in [2.05, 4.69) is 30.8 Å². The lowest BCUT2D eigenvalue weighted by Crippen LogP contribution is -2.12. The Morgan fingerprint density at radius 3 is 2.88 bits per heavy atom.